The van der Waals surface area contributed by atoms with Gasteiger partial charge in [-0.1, -0.05) is 12.7 Å². The van der Waals surface area contributed by atoms with Crippen LogP contribution in [0.25, 0.3) is 11.7 Å². The highest BCUT2D eigenvalue weighted by Gasteiger charge is 2.39. The number of carbonyl (C=O) groups excluding carboxylic acids is 1. The third kappa shape index (κ3) is 5.57. The SMILES string of the molecule is C=Cc1cnn2cc([C@@H](NC(=O)c3cnn(CCC(F)(F)F)n3)C3CCC(F)(F)CC3)nc2c1. The first-order valence-electron chi connectivity index (χ1n) is 10.7. The smallest absolute Gasteiger partial charge is 0.342 e. The molecule has 1 N–H and O–H groups in total. The summed E-state index contributed by atoms with van der Waals surface area (Å²) in [5.74, 6) is -3.77. The minimum atomic E-state index is -4.38. The quantitative estimate of drug-likeness (QED) is 0.509. The highest BCUT2D eigenvalue weighted by atomic mass is 19.4. The number of rotatable bonds is 7. The van der Waals surface area contributed by atoms with E-state index < -0.39 is 37.0 Å². The number of alkyl halides is 5. The number of aromatic nitrogens is 6. The van der Waals surface area contributed by atoms with Crippen LogP contribution in [0.15, 0.2) is 31.2 Å². The average molecular weight is 483 g/mol. The average Bonchev–Trinajstić information content (AvgIpc) is 3.42. The predicted molar refractivity (Wildman–Crippen MR) is 111 cm³/mol. The molecule has 1 amide bonds. The number of hydrogen-bond acceptors (Lipinski definition) is 5. The summed E-state index contributed by atoms with van der Waals surface area (Å²) >= 11 is 0. The number of halogens is 5. The van der Waals surface area contributed by atoms with Crippen LogP contribution in [0.1, 0.15) is 59.9 Å². The molecule has 1 fully saturated rings. The van der Waals surface area contributed by atoms with Gasteiger partial charge in [-0.2, -0.15) is 28.2 Å². The Morgan fingerprint density at radius 3 is 2.68 bits per heavy atom. The maximum absolute atomic E-state index is 13.8. The molecule has 0 saturated heterocycles. The van der Waals surface area contributed by atoms with Gasteiger partial charge in [0.25, 0.3) is 5.91 Å². The van der Waals surface area contributed by atoms with E-state index in [1.54, 1.807) is 24.5 Å². The van der Waals surface area contributed by atoms with Gasteiger partial charge in [-0.15, -0.1) is 5.10 Å². The van der Waals surface area contributed by atoms with Crippen molar-refractivity contribution in [3.05, 3.63) is 48.2 Å². The molecule has 0 spiro atoms. The van der Waals surface area contributed by atoms with E-state index in [4.69, 9.17) is 0 Å². The zero-order chi connectivity index (χ0) is 24.5. The number of nitrogens with one attached hydrogen (secondary N) is 1. The van der Waals surface area contributed by atoms with E-state index in [9.17, 15) is 26.7 Å². The van der Waals surface area contributed by atoms with Gasteiger partial charge >= 0.3 is 6.18 Å². The van der Waals surface area contributed by atoms with E-state index in [2.05, 4.69) is 32.2 Å². The number of carbonyl (C=O) groups is 1. The lowest BCUT2D eigenvalue weighted by molar-refractivity contribution is -0.137. The first-order chi connectivity index (χ1) is 16.0. The normalized spacial score (nSPS) is 17.6. The van der Waals surface area contributed by atoms with Crippen molar-refractivity contribution in [2.45, 2.75) is 56.8 Å². The van der Waals surface area contributed by atoms with Crippen LogP contribution in [0.2, 0.25) is 0 Å². The van der Waals surface area contributed by atoms with E-state index in [-0.39, 0.29) is 37.3 Å². The monoisotopic (exact) mass is 483 g/mol. The molecular formula is C21H22F5N7O. The van der Waals surface area contributed by atoms with Crippen LogP contribution < -0.4 is 5.32 Å². The van der Waals surface area contributed by atoms with Crippen molar-refractivity contribution in [1.29, 1.82) is 0 Å². The Morgan fingerprint density at radius 2 is 2.00 bits per heavy atom. The molecule has 0 bridgehead atoms. The topological polar surface area (TPSA) is 90.0 Å². The van der Waals surface area contributed by atoms with E-state index >= 15 is 0 Å². The lowest BCUT2D eigenvalue weighted by Crippen LogP contribution is -2.37. The van der Waals surface area contributed by atoms with Crippen LogP contribution in [-0.2, 0) is 6.54 Å². The molecule has 0 aliphatic heterocycles. The summed E-state index contributed by atoms with van der Waals surface area (Å²) in [6.45, 7) is 3.16. The molecule has 1 aliphatic carbocycles. The van der Waals surface area contributed by atoms with Gasteiger partial charge in [0.05, 0.1) is 43.3 Å². The van der Waals surface area contributed by atoms with Gasteiger partial charge in [-0.3, -0.25) is 4.79 Å². The van der Waals surface area contributed by atoms with E-state index in [0.717, 1.165) is 16.6 Å². The molecule has 13 heteroatoms. The Balaban J connectivity index is 1.57. The molecular weight excluding hydrogens is 461 g/mol. The van der Waals surface area contributed by atoms with Crippen molar-refractivity contribution < 1.29 is 26.7 Å². The minimum absolute atomic E-state index is 0.162. The number of nitrogens with zero attached hydrogens (tertiary/aromatic N) is 6. The van der Waals surface area contributed by atoms with Crippen molar-refractivity contribution in [3.63, 3.8) is 0 Å². The number of amides is 1. The molecule has 34 heavy (non-hydrogen) atoms. The number of imidazole rings is 1. The molecule has 4 rings (SSSR count). The Kier molecular flexibility index (Phi) is 6.36. The third-order valence-electron chi connectivity index (χ3n) is 5.80. The first-order valence-corrected chi connectivity index (χ1v) is 10.7. The molecule has 3 heterocycles. The van der Waals surface area contributed by atoms with Gasteiger partial charge in [0.1, 0.15) is 0 Å². The summed E-state index contributed by atoms with van der Waals surface area (Å²) in [5, 5.41) is 14.5. The van der Waals surface area contributed by atoms with Crippen LogP contribution >= 0.6 is 0 Å². The second-order valence-corrected chi connectivity index (χ2v) is 8.30. The minimum Gasteiger partial charge on any atom is -0.342 e. The molecule has 3 aromatic rings. The standard InChI is InChI=1S/C21H22F5N7O/c1-2-13-9-17-29-16(12-32(17)27-10-13)18(14-3-5-20(22,23)6-4-14)30-19(34)15-11-28-33(31-15)8-7-21(24,25)26/h2,9-12,14,18H,1,3-8H2,(H,30,34)/t18-/m0/s1. The van der Waals surface area contributed by atoms with Crippen LogP contribution in [0, 0.1) is 5.92 Å². The number of aryl methyl sites for hydroxylation is 1. The van der Waals surface area contributed by atoms with Gasteiger partial charge in [-0.05, 0) is 30.4 Å². The molecule has 1 aliphatic rings. The van der Waals surface area contributed by atoms with E-state index in [0.29, 0.717) is 11.3 Å². The van der Waals surface area contributed by atoms with Gasteiger partial charge < -0.3 is 5.32 Å². The summed E-state index contributed by atoms with van der Waals surface area (Å²) in [7, 11) is 0. The van der Waals surface area contributed by atoms with Crippen LogP contribution in [0.3, 0.4) is 0 Å². The van der Waals surface area contributed by atoms with Crippen LogP contribution in [0.4, 0.5) is 22.0 Å². The Hall–Kier alpha value is -3.38. The van der Waals surface area contributed by atoms with Gasteiger partial charge in [0, 0.05) is 12.8 Å². The Labute approximate surface area is 190 Å². The van der Waals surface area contributed by atoms with E-state index in [1.807, 2.05) is 0 Å². The molecule has 8 nitrogen and oxygen atoms in total. The molecule has 3 aromatic heterocycles. The molecule has 182 valence electrons. The Bertz CT molecular complexity index is 1180. The van der Waals surface area contributed by atoms with Gasteiger partial charge in [-0.25, -0.2) is 18.3 Å². The van der Waals surface area contributed by atoms with Crippen LogP contribution in [-0.4, -0.2) is 47.6 Å². The molecule has 1 atom stereocenters. The molecule has 1 saturated carbocycles. The lowest BCUT2D eigenvalue weighted by Gasteiger charge is -2.33. The predicted octanol–water partition coefficient (Wildman–Crippen LogP) is 4.21. The summed E-state index contributed by atoms with van der Waals surface area (Å²) < 4.78 is 66.3. The molecule has 0 unspecified atom stereocenters. The summed E-state index contributed by atoms with van der Waals surface area (Å²) in [6, 6.07) is 1.02. The summed E-state index contributed by atoms with van der Waals surface area (Å²) in [6.07, 6.45) is 0.0406. The highest BCUT2D eigenvalue weighted by Crippen LogP contribution is 2.41. The fraction of sp³-hybridized carbons (Fsp3) is 0.476. The number of fused-ring (bicyclic) bond motifs is 1. The van der Waals surface area contributed by atoms with Crippen molar-refractivity contribution in [2.24, 2.45) is 5.92 Å². The second kappa shape index (κ2) is 9.11. The Morgan fingerprint density at radius 1 is 1.26 bits per heavy atom. The molecule has 0 aromatic carbocycles. The van der Waals surface area contributed by atoms with Crippen molar-refractivity contribution >= 4 is 17.6 Å². The lowest BCUT2D eigenvalue weighted by atomic mass is 9.81. The van der Waals surface area contributed by atoms with Gasteiger partial charge in [0.15, 0.2) is 11.3 Å². The maximum Gasteiger partial charge on any atom is 0.390 e. The van der Waals surface area contributed by atoms with Crippen molar-refractivity contribution in [2.75, 3.05) is 0 Å². The van der Waals surface area contributed by atoms with Crippen LogP contribution in [0.5, 0.6) is 0 Å². The molecule has 0 radical (unpaired) electrons. The fourth-order valence-corrected chi connectivity index (χ4v) is 3.95. The van der Waals surface area contributed by atoms with Crippen molar-refractivity contribution in [1.82, 2.24) is 34.9 Å². The third-order valence-corrected chi connectivity index (χ3v) is 5.80. The van der Waals surface area contributed by atoms with Gasteiger partial charge in [0.2, 0.25) is 5.92 Å². The second-order valence-electron chi connectivity index (χ2n) is 8.30. The largest absolute Gasteiger partial charge is 0.390 e. The summed E-state index contributed by atoms with van der Waals surface area (Å²) in [4.78, 5) is 18.2. The highest BCUT2D eigenvalue weighted by molar-refractivity contribution is 5.92. The maximum atomic E-state index is 13.8. The zero-order valence-electron chi connectivity index (χ0n) is 18.0. The number of hydrogen-bond donors (Lipinski definition) is 1. The first kappa shape index (κ1) is 23.8. The zero-order valence-corrected chi connectivity index (χ0v) is 18.0. The summed E-state index contributed by atoms with van der Waals surface area (Å²) in [5.41, 5.74) is 1.48. The fourth-order valence-electron chi connectivity index (χ4n) is 3.95. The van der Waals surface area contributed by atoms with E-state index in [1.165, 1.54) is 4.52 Å². The van der Waals surface area contributed by atoms with Crippen molar-refractivity contribution in [3.8, 4) is 0 Å².